The Morgan fingerprint density at radius 2 is 1.67 bits per heavy atom. The van der Waals surface area contributed by atoms with Gasteiger partial charge in [-0.05, 0) is 25.5 Å². The summed E-state index contributed by atoms with van der Waals surface area (Å²) < 4.78 is 0. The van der Waals surface area contributed by atoms with Crippen molar-refractivity contribution in [1.82, 2.24) is 10.6 Å². The largest absolute Gasteiger partial charge is 0.350 e. The first kappa shape index (κ1) is 18.2. The van der Waals surface area contributed by atoms with Crippen molar-refractivity contribution >= 4 is 24.1 Å². The van der Waals surface area contributed by atoms with E-state index in [0.29, 0.717) is 29.3 Å². The SMILES string of the molecule is Cl.O=C(NCC1CCCN1)c1ccccc1C(=O)c1ccccc1. The number of carbonyl (C=O) groups excluding carboxylic acids is 2. The molecule has 0 bridgehead atoms. The van der Waals surface area contributed by atoms with Crippen molar-refractivity contribution < 1.29 is 9.59 Å². The molecule has 0 aliphatic carbocycles. The molecule has 1 unspecified atom stereocenters. The average Bonchev–Trinajstić information content (AvgIpc) is 3.13. The number of amides is 1. The lowest BCUT2D eigenvalue weighted by atomic mass is 9.98. The van der Waals surface area contributed by atoms with Crippen LogP contribution in [-0.4, -0.2) is 30.8 Å². The highest BCUT2D eigenvalue weighted by Gasteiger charge is 2.19. The summed E-state index contributed by atoms with van der Waals surface area (Å²) in [4.78, 5) is 25.1. The third-order valence-corrected chi connectivity index (χ3v) is 4.12. The highest BCUT2D eigenvalue weighted by molar-refractivity contribution is 6.15. The van der Waals surface area contributed by atoms with E-state index in [1.165, 1.54) is 0 Å². The molecule has 1 heterocycles. The van der Waals surface area contributed by atoms with E-state index < -0.39 is 0 Å². The molecule has 126 valence electrons. The van der Waals surface area contributed by atoms with E-state index in [1.807, 2.05) is 18.2 Å². The van der Waals surface area contributed by atoms with Crippen LogP contribution < -0.4 is 10.6 Å². The van der Waals surface area contributed by atoms with Crippen LogP contribution in [0.5, 0.6) is 0 Å². The van der Waals surface area contributed by atoms with Crippen LogP contribution in [0.25, 0.3) is 0 Å². The number of ketones is 1. The van der Waals surface area contributed by atoms with Gasteiger partial charge in [0.05, 0.1) is 5.56 Å². The monoisotopic (exact) mass is 344 g/mol. The van der Waals surface area contributed by atoms with Crippen molar-refractivity contribution in [2.24, 2.45) is 0 Å². The minimum atomic E-state index is -0.196. The zero-order valence-electron chi connectivity index (χ0n) is 13.3. The third-order valence-electron chi connectivity index (χ3n) is 4.12. The topological polar surface area (TPSA) is 58.2 Å². The van der Waals surface area contributed by atoms with Crippen molar-refractivity contribution in [3.05, 3.63) is 71.3 Å². The zero-order chi connectivity index (χ0) is 16.1. The Balaban J connectivity index is 0.00000208. The van der Waals surface area contributed by atoms with E-state index in [2.05, 4.69) is 10.6 Å². The third kappa shape index (κ3) is 4.22. The zero-order valence-corrected chi connectivity index (χ0v) is 14.1. The fourth-order valence-corrected chi connectivity index (χ4v) is 2.87. The van der Waals surface area contributed by atoms with E-state index in [9.17, 15) is 9.59 Å². The van der Waals surface area contributed by atoms with Crippen LogP contribution in [0.4, 0.5) is 0 Å². The van der Waals surface area contributed by atoms with E-state index >= 15 is 0 Å². The molecule has 1 saturated heterocycles. The molecule has 0 radical (unpaired) electrons. The number of hydrogen-bond donors (Lipinski definition) is 2. The molecule has 0 spiro atoms. The Bertz CT molecular complexity index is 698. The van der Waals surface area contributed by atoms with Crippen molar-refractivity contribution in [2.75, 3.05) is 13.1 Å². The van der Waals surface area contributed by atoms with Gasteiger partial charge in [0, 0.05) is 23.7 Å². The summed E-state index contributed by atoms with van der Waals surface area (Å²) in [6.45, 7) is 1.59. The summed E-state index contributed by atoms with van der Waals surface area (Å²) in [5.74, 6) is -0.325. The first-order valence-corrected chi connectivity index (χ1v) is 7.96. The highest BCUT2D eigenvalue weighted by Crippen LogP contribution is 2.15. The summed E-state index contributed by atoms with van der Waals surface area (Å²) >= 11 is 0. The van der Waals surface area contributed by atoms with Crippen LogP contribution in [0.15, 0.2) is 54.6 Å². The molecule has 0 aromatic heterocycles. The Hall–Kier alpha value is -2.17. The number of benzene rings is 2. The van der Waals surface area contributed by atoms with Gasteiger partial charge in [-0.2, -0.15) is 0 Å². The first-order chi connectivity index (χ1) is 11.3. The summed E-state index contributed by atoms with van der Waals surface area (Å²) in [7, 11) is 0. The Morgan fingerprint density at radius 1 is 1.00 bits per heavy atom. The molecule has 1 aliphatic rings. The van der Waals surface area contributed by atoms with Gasteiger partial charge in [-0.3, -0.25) is 9.59 Å². The number of halogens is 1. The second-order valence-corrected chi connectivity index (χ2v) is 5.74. The lowest BCUT2D eigenvalue weighted by Gasteiger charge is -2.13. The number of rotatable bonds is 5. The van der Waals surface area contributed by atoms with E-state index in [4.69, 9.17) is 0 Å². The summed E-state index contributed by atoms with van der Waals surface area (Å²) in [6, 6.07) is 16.3. The summed E-state index contributed by atoms with van der Waals surface area (Å²) in [5, 5.41) is 6.28. The van der Waals surface area contributed by atoms with Crippen LogP contribution in [0.3, 0.4) is 0 Å². The quantitative estimate of drug-likeness (QED) is 0.820. The Labute approximate surface area is 148 Å². The minimum absolute atomic E-state index is 0. The fourth-order valence-electron chi connectivity index (χ4n) is 2.87. The number of carbonyl (C=O) groups is 2. The molecular formula is C19H21ClN2O2. The Kier molecular flexibility index (Phi) is 6.53. The molecule has 0 saturated carbocycles. The molecule has 3 rings (SSSR count). The maximum Gasteiger partial charge on any atom is 0.252 e. The first-order valence-electron chi connectivity index (χ1n) is 7.96. The van der Waals surface area contributed by atoms with E-state index in [-0.39, 0.29) is 24.1 Å². The Morgan fingerprint density at radius 3 is 2.33 bits per heavy atom. The molecule has 2 N–H and O–H groups in total. The minimum Gasteiger partial charge on any atom is -0.350 e. The molecule has 2 aromatic carbocycles. The fraction of sp³-hybridized carbons (Fsp3) is 0.263. The second kappa shape index (κ2) is 8.62. The molecule has 1 fully saturated rings. The van der Waals surface area contributed by atoms with Crippen molar-refractivity contribution in [3.8, 4) is 0 Å². The van der Waals surface area contributed by atoms with Crippen LogP contribution >= 0.6 is 12.4 Å². The van der Waals surface area contributed by atoms with Crippen LogP contribution in [0.1, 0.15) is 39.1 Å². The van der Waals surface area contributed by atoms with Gasteiger partial charge in [0.15, 0.2) is 5.78 Å². The maximum atomic E-state index is 12.6. The lowest BCUT2D eigenvalue weighted by molar-refractivity contribution is 0.0939. The smallest absolute Gasteiger partial charge is 0.252 e. The van der Waals surface area contributed by atoms with Crippen LogP contribution in [-0.2, 0) is 0 Å². The average molecular weight is 345 g/mol. The predicted molar refractivity (Wildman–Crippen MR) is 96.9 cm³/mol. The highest BCUT2D eigenvalue weighted by atomic mass is 35.5. The van der Waals surface area contributed by atoms with Gasteiger partial charge in [-0.15, -0.1) is 12.4 Å². The number of nitrogens with one attached hydrogen (secondary N) is 2. The molecule has 24 heavy (non-hydrogen) atoms. The van der Waals surface area contributed by atoms with Gasteiger partial charge in [0.25, 0.3) is 5.91 Å². The summed E-state index contributed by atoms with van der Waals surface area (Å²) in [6.07, 6.45) is 2.22. The van der Waals surface area contributed by atoms with Gasteiger partial charge in [-0.25, -0.2) is 0 Å². The summed E-state index contributed by atoms with van der Waals surface area (Å²) in [5.41, 5.74) is 1.46. The van der Waals surface area contributed by atoms with Crippen molar-refractivity contribution in [2.45, 2.75) is 18.9 Å². The predicted octanol–water partition coefficient (Wildman–Crippen LogP) is 2.82. The normalized spacial score (nSPS) is 16.2. The molecular weight excluding hydrogens is 324 g/mol. The van der Waals surface area contributed by atoms with Gasteiger partial charge >= 0.3 is 0 Å². The van der Waals surface area contributed by atoms with E-state index in [0.717, 1.165) is 19.4 Å². The van der Waals surface area contributed by atoms with Gasteiger partial charge < -0.3 is 10.6 Å². The molecule has 2 aromatic rings. The molecule has 5 heteroatoms. The van der Waals surface area contributed by atoms with Crippen molar-refractivity contribution in [3.63, 3.8) is 0 Å². The standard InChI is InChI=1S/C19H20N2O2.ClH/c22-18(14-7-2-1-3-8-14)16-10-4-5-11-17(16)19(23)21-13-15-9-6-12-20-15;/h1-5,7-8,10-11,15,20H,6,9,12-13H2,(H,21,23);1H. The second-order valence-electron chi connectivity index (χ2n) is 5.74. The maximum absolute atomic E-state index is 12.6. The van der Waals surface area contributed by atoms with E-state index in [1.54, 1.807) is 36.4 Å². The lowest BCUT2D eigenvalue weighted by Crippen LogP contribution is -2.37. The van der Waals surface area contributed by atoms with Gasteiger partial charge in [-0.1, -0.05) is 48.5 Å². The molecule has 1 aliphatic heterocycles. The van der Waals surface area contributed by atoms with Crippen molar-refractivity contribution in [1.29, 1.82) is 0 Å². The van der Waals surface area contributed by atoms with Crippen LogP contribution in [0.2, 0.25) is 0 Å². The molecule has 4 nitrogen and oxygen atoms in total. The van der Waals surface area contributed by atoms with Gasteiger partial charge in [0.2, 0.25) is 0 Å². The van der Waals surface area contributed by atoms with Crippen LogP contribution in [0, 0.1) is 0 Å². The molecule has 1 amide bonds. The van der Waals surface area contributed by atoms with Gasteiger partial charge in [0.1, 0.15) is 0 Å². The number of hydrogen-bond acceptors (Lipinski definition) is 3. The molecule has 1 atom stereocenters.